The number of pyridine rings is 1. The van der Waals surface area contributed by atoms with Gasteiger partial charge in [-0.15, -0.1) is 16.4 Å². The number of thiophene rings is 1. The molecule has 1 aliphatic rings. The largest absolute Gasteiger partial charge is 0.366 e. The second-order valence-electron chi connectivity index (χ2n) is 8.58. The van der Waals surface area contributed by atoms with Gasteiger partial charge in [0.1, 0.15) is 0 Å². The molecule has 0 aliphatic carbocycles. The van der Waals surface area contributed by atoms with Crippen molar-refractivity contribution in [3.05, 3.63) is 86.2 Å². The predicted molar refractivity (Wildman–Crippen MR) is 142 cm³/mol. The molecular formula is C25H24ClN7O3S. The molecule has 10 nitrogen and oxygen atoms in total. The average Bonchev–Trinajstić information content (AvgIpc) is 3.56. The van der Waals surface area contributed by atoms with Crippen molar-refractivity contribution in [2.24, 2.45) is 5.73 Å². The van der Waals surface area contributed by atoms with Crippen molar-refractivity contribution in [1.82, 2.24) is 24.5 Å². The van der Waals surface area contributed by atoms with Gasteiger partial charge in [-0.25, -0.2) is 9.48 Å². The number of rotatable bonds is 7. The first-order chi connectivity index (χ1) is 17.9. The van der Waals surface area contributed by atoms with Gasteiger partial charge in [-0.2, -0.15) is 0 Å². The standard InChI is InChI=1S/C25H24ClN7O3S/c26-23-9-8-22(37-23)21(34)7-4-17-16-33(29-28-17)19-6-5-18(32-10-2-1-3-24(32)35)15-20(19)30-11-13-31(14-12-30)25(27)36/h1-3,5-6,8-10,15-16H,4,7,11-14H2,(H2,27,36). The summed E-state index contributed by atoms with van der Waals surface area (Å²) in [5, 5.41) is 8.59. The Morgan fingerprint density at radius 1 is 1.03 bits per heavy atom. The second-order valence-corrected chi connectivity index (χ2v) is 10.3. The minimum absolute atomic E-state index is 0.0112. The molecule has 4 aromatic rings. The Kier molecular flexibility index (Phi) is 7.06. The highest BCUT2D eigenvalue weighted by atomic mass is 35.5. The van der Waals surface area contributed by atoms with Crippen molar-refractivity contribution < 1.29 is 9.59 Å². The number of urea groups is 1. The Labute approximate surface area is 221 Å². The molecule has 2 N–H and O–H groups in total. The topological polar surface area (TPSA) is 119 Å². The zero-order valence-electron chi connectivity index (χ0n) is 19.8. The normalized spacial score (nSPS) is 13.6. The molecule has 0 spiro atoms. The Bertz CT molecular complexity index is 1500. The van der Waals surface area contributed by atoms with Crippen LogP contribution in [0.5, 0.6) is 0 Å². The van der Waals surface area contributed by atoms with Gasteiger partial charge in [0.15, 0.2) is 5.78 Å². The van der Waals surface area contributed by atoms with Crippen molar-refractivity contribution in [1.29, 1.82) is 0 Å². The highest BCUT2D eigenvalue weighted by molar-refractivity contribution is 7.18. The number of hydrogen-bond donors (Lipinski definition) is 1. The lowest BCUT2D eigenvalue weighted by atomic mass is 10.1. The zero-order chi connectivity index (χ0) is 25.9. The first-order valence-electron chi connectivity index (χ1n) is 11.7. The molecule has 1 aromatic carbocycles. The summed E-state index contributed by atoms with van der Waals surface area (Å²) in [5.41, 5.74) is 8.33. The Morgan fingerprint density at radius 2 is 1.84 bits per heavy atom. The number of hydrogen-bond acceptors (Lipinski definition) is 7. The summed E-state index contributed by atoms with van der Waals surface area (Å²) in [6.07, 6.45) is 4.27. The monoisotopic (exact) mass is 537 g/mol. The van der Waals surface area contributed by atoms with Crippen molar-refractivity contribution in [3.8, 4) is 11.4 Å². The second kappa shape index (κ2) is 10.6. The lowest BCUT2D eigenvalue weighted by molar-refractivity contribution is 0.0986. The number of aryl methyl sites for hydroxylation is 1. The molecule has 5 rings (SSSR count). The fourth-order valence-corrected chi connectivity index (χ4v) is 5.29. The lowest BCUT2D eigenvalue weighted by Crippen LogP contribution is -2.50. The van der Waals surface area contributed by atoms with Gasteiger partial charge < -0.3 is 15.5 Å². The Hall–Kier alpha value is -3.96. The summed E-state index contributed by atoms with van der Waals surface area (Å²) < 4.78 is 3.83. The van der Waals surface area contributed by atoms with Gasteiger partial charge in [0.05, 0.1) is 38.2 Å². The maximum atomic E-state index is 12.5. The number of nitrogens with two attached hydrogens (primary N) is 1. The zero-order valence-corrected chi connectivity index (χ0v) is 21.4. The Balaban J connectivity index is 1.42. The summed E-state index contributed by atoms with van der Waals surface area (Å²) in [7, 11) is 0. The molecule has 0 atom stereocenters. The van der Waals surface area contributed by atoms with Crippen LogP contribution in [0.1, 0.15) is 21.8 Å². The van der Waals surface area contributed by atoms with Crippen LogP contribution in [0.3, 0.4) is 0 Å². The third-order valence-corrected chi connectivity index (χ3v) is 7.51. The van der Waals surface area contributed by atoms with E-state index in [0.29, 0.717) is 59.6 Å². The van der Waals surface area contributed by atoms with Crippen LogP contribution in [0.25, 0.3) is 11.4 Å². The average molecular weight is 538 g/mol. The lowest BCUT2D eigenvalue weighted by Gasteiger charge is -2.36. The van der Waals surface area contributed by atoms with E-state index in [-0.39, 0.29) is 11.3 Å². The molecular weight excluding hydrogens is 514 g/mol. The number of amides is 2. The number of nitrogens with zero attached hydrogens (tertiary/aromatic N) is 6. The summed E-state index contributed by atoms with van der Waals surface area (Å²) in [5.74, 6) is 0.0112. The molecule has 2 amide bonds. The smallest absolute Gasteiger partial charge is 0.314 e. The number of piperazine rings is 1. The van der Waals surface area contributed by atoms with Gasteiger partial charge in [-0.3, -0.25) is 14.2 Å². The number of primary amides is 1. The molecule has 4 heterocycles. The molecule has 1 fully saturated rings. The van der Waals surface area contributed by atoms with E-state index in [0.717, 1.165) is 11.4 Å². The van der Waals surface area contributed by atoms with Crippen LogP contribution in [0.15, 0.2) is 65.7 Å². The van der Waals surface area contributed by atoms with Crippen molar-refractivity contribution in [2.75, 3.05) is 31.1 Å². The molecule has 0 unspecified atom stereocenters. The third-order valence-electron chi connectivity index (χ3n) is 6.24. The van der Waals surface area contributed by atoms with E-state index in [4.69, 9.17) is 17.3 Å². The van der Waals surface area contributed by atoms with Crippen molar-refractivity contribution in [2.45, 2.75) is 12.8 Å². The van der Waals surface area contributed by atoms with Gasteiger partial charge in [0, 0.05) is 51.3 Å². The maximum absolute atomic E-state index is 12.5. The van der Waals surface area contributed by atoms with Gasteiger partial charge in [0.2, 0.25) is 0 Å². The fraction of sp³-hybridized carbons (Fsp3) is 0.240. The number of halogens is 1. The van der Waals surface area contributed by atoms with Crippen LogP contribution in [0.4, 0.5) is 10.5 Å². The van der Waals surface area contributed by atoms with Crippen LogP contribution in [-0.4, -0.2) is 62.5 Å². The molecule has 0 saturated carbocycles. The number of carbonyl (C=O) groups excluding carboxylic acids is 2. The summed E-state index contributed by atoms with van der Waals surface area (Å²) in [6, 6.07) is 13.7. The molecule has 0 bridgehead atoms. The van der Waals surface area contributed by atoms with E-state index in [1.807, 2.05) is 24.4 Å². The molecule has 3 aromatic heterocycles. The van der Waals surface area contributed by atoms with E-state index >= 15 is 0 Å². The SMILES string of the molecule is NC(=O)N1CCN(c2cc(-n3ccccc3=O)ccc2-n2cc(CCC(=O)c3ccc(Cl)s3)nn2)CC1. The van der Waals surface area contributed by atoms with E-state index < -0.39 is 6.03 Å². The van der Waals surface area contributed by atoms with Gasteiger partial charge in [0.25, 0.3) is 5.56 Å². The number of aromatic nitrogens is 4. The number of anilines is 1. The number of ketones is 1. The van der Waals surface area contributed by atoms with Gasteiger partial charge in [-0.05, 0) is 36.4 Å². The number of carbonyl (C=O) groups is 2. The third kappa shape index (κ3) is 5.42. The highest BCUT2D eigenvalue weighted by Gasteiger charge is 2.23. The minimum atomic E-state index is -0.440. The summed E-state index contributed by atoms with van der Waals surface area (Å²) in [6.45, 7) is 2.12. The molecule has 1 saturated heterocycles. The van der Waals surface area contributed by atoms with E-state index in [1.54, 1.807) is 44.6 Å². The van der Waals surface area contributed by atoms with Gasteiger partial charge in [-0.1, -0.05) is 22.9 Å². The first-order valence-corrected chi connectivity index (χ1v) is 12.9. The molecule has 12 heteroatoms. The molecule has 1 aliphatic heterocycles. The van der Waals surface area contributed by atoms with Crippen LogP contribution in [0, 0.1) is 0 Å². The van der Waals surface area contributed by atoms with E-state index in [1.165, 1.54) is 17.4 Å². The molecule has 190 valence electrons. The van der Waals surface area contributed by atoms with Crippen LogP contribution >= 0.6 is 22.9 Å². The maximum Gasteiger partial charge on any atom is 0.314 e. The quantitative estimate of drug-likeness (QED) is 0.362. The summed E-state index contributed by atoms with van der Waals surface area (Å²) >= 11 is 7.21. The fourth-order valence-electron chi connectivity index (χ4n) is 4.28. The predicted octanol–water partition coefficient (Wildman–Crippen LogP) is 3.15. The molecule has 37 heavy (non-hydrogen) atoms. The van der Waals surface area contributed by atoms with Crippen LogP contribution in [-0.2, 0) is 6.42 Å². The Morgan fingerprint density at radius 3 is 2.54 bits per heavy atom. The highest BCUT2D eigenvalue weighted by Crippen LogP contribution is 2.28. The van der Waals surface area contributed by atoms with Crippen molar-refractivity contribution in [3.63, 3.8) is 0 Å². The van der Waals surface area contributed by atoms with Crippen LogP contribution in [0.2, 0.25) is 4.34 Å². The van der Waals surface area contributed by atoms with E-state index in [2.05, 4.69) is 15.2 Å². The number of Topliss-reactive ketones (excluding diaryl/α,β-unsaturated/α-hetero) is 1. The minimum Gasteiger partial charge on any atom is -0.366 e. The van der Waals surface area contributed by atoms with Crippen molar-refractivity contribution >= 4 is 40.4 Å². The van der Waals surface area contributed by atoms with Gasteiger partial charge >= 0.3 is 6.03 Å². The van der Waals surface area contributed by atoms with E-state index in [9.17, 15) is 14.4 Å². The first kappa shape index (κ1) is 24.7. The number of benzene rings is 1. The van der Waals surface area contributed by atoms with Crippen LogP contribution < -0.4 is 16.2 Å². The molecule has 0 radical (unpaired) electrons. The summed E-state index contributed by atoms with van der Waals surface area (Å²) in [4.78, 5) is 40.9.